The molecule has 134 valence electrons. The molecule has 25 heavy (non-hydrogen) atoms. The number of esters is 1. The molecule has 0 spiro atoms. The second-order valence-electron chi connectivity index (χ2n) is 6.42. The first kappa shape index (κ1) is 17.2. The van der Waals surface area contributed by atoms with Crippen LogP contribution < -0.4 is 4.90 Å². The molecule has 3 rings (SSSR count). The molecule has 6 heteroatoms. The van der Waals surface area contributed by atoms with Gasteiger partial charge in [0.2, 0.25) is 11.8 Å². The zero-order valence-corrected chi connectivity index (χ0v) is 14.6. The Labute approximate surface area is 147 Å². The van der Waals surface area contributed by atoms with Gasteiger partial charge >= 0.3 is 5.97 Å². The summed E-state index contributed by atoms with van der Waals surface area (Å²) in [4.78, 5) is 14.0. The lowest BCUT2D eigenvalue weighted by atomic mass is 9.98. The molecule has 1 aliphatic rings. The van der Waals surface area contributed by atoms with E-state index < -0.39 is 0 Å². The summed E-state index contributed by atoms with van der Waals surface area (Å²) >= 11 is 0. The molecule has 6 nitrogen and oxygen atoms in total. The molecule has 2 aromatic rings. The van der Waals surface area contributed by atoms with Gasteiger partial charge in [-0.05, 0) is 38.8 Å². The highest BCUT2D eigenvalue weighted by molar-refractivity contribution is 5.74. The Bertz CT molecular complexity index is 752. The van der Waals surface area contributed by atoms with Crippen molar-refractivity contribution in [3.8, 4) is 17.4 Å². The molecule has 0 bridgehead atoms. The largest absolute Gasteiger partial charge is 0.494 e. The van der Waals surface area contributed by atoms with E-state index in [0.717, 1.165) is 24.9 Å². The van der Waals surface area contributed by atoms with Crippen molar-refractivity contribution in [3.05, 3.63) is 35.9 Å². The van der Waals surface area contributed by atoms with Crippen LogP contribution >= 0.6 is 0 Å². The summed E-state index contributed by atoms with van der Waals surface area (Å²) in [6.07, 6.45) is 1.61. The van der Waals surface area contributed by atoms with Crippen LogP contribution in [0.15, 0.2) is 30.3 Å². The van der Waals surface area contributed by atoms with Crippen LogP contribution in [0.5, 0.6) is 11.8 Å². The SMILES string of the molecule is CCOC(=O)C1CCCN(c2cc(O)n(-c3ccc(C)cc3)c2O)C1. The van der Waals surface area contributed by atoms with Gasteiger partial charge in [-0.3, -0.25) is 4.79 Å². The number of carbonyl (C=O) groups is 1. The lowest BCUT2D eigenvalue weighted by molar-refractivity contribution is -0.148. The molecule has 1 fully saturated rings. The van der Waals surface area contributed by atoms with Gasteiger partial charge in [-0.25, -0.2) is 4.57 Å². The van der Waals surface area contributed by atoms with Crippen LogP contribution in [0.4, 0.5) is 5.69 Å². The second-order valence-corrected chi connectivity index (χ2v) is 6.42. The fraction of sp³-hybridized carbons (Fsp3) is 0.421. The smallest absolute Gasteiger partial charge is 0.310 e. The number of nitrogens with zero attached hydrogens (tertiary/aromatic N) is 2. The number of carbonyl (C=O) groups excluding carboxylic acids is 1. The standard InChI is InChI=1S/C19H24N2O4/c1-3-25-19(24)14-5-4-10-20(12-14)16-11-17(22)21(18(16)23)15-8-6-13(2)7-9-15/h6-9,11,14,22-23H,3-5,10,12H2,1-2H3. The molecule has 1 unspecified atom stereocenters. The summed E-state index contributed by atoms with van der Waals surface area (Å²) in [5.41, 5.74) is 2.32. The quantitative estimate of drug-likeness (QED) is 0.834. The minimum Gasteiger partial charge on any atom is -0.494 e. The first-order valence-electron chi connectivity index (χ1n) is 8.63. The number of benzene rings is 1. The molecular weight excluding hydrogens is 320 g/mol. The van der Waals surface area contributed by atoms with Crippen LogP contribution in [0.25, 0.3) is 5.69 Å². The molecule has 1 atom stereocenters. The van der Waals surface area contributed by atoms with Gasteiger partial charge in [0.05, 0.1) is 18.2 Å². The second kappa shape index (κ2) is 7.09. The summed E-state index contributed by atoms with van der Waals surface area (Å²) in [7, 11) is 0. The number of aromatic hydroxyl groups is 2. The number of hydrogen-bond acceptors (Lipinski definition) is 5. The van der Waals surface area contributed by atoms with Gasteiger partial charge in [0.25, 0.3) is 0 Å². The predicted octanol–water partition coefficient (Wildman–Crippen LogP) is 2.98. The average Bonchev–Trinajstić information content (AvgIpc) is 2.91. The summed E-state index contributed by atoms with van der Waals surface area (Å²) in [5.74, 6) is -0.465. The third-order valence-electron chi connectivity index (χ3n) is 4.61. The number of aryl methyl sites for hydroxylation is 1. The maximum absolute atomic E-state index is 12.0. The van der Waals surface area contributed by atoms with Crippen LogP contribution in [-0.2, 0) is 9.53 Å². The van der Waals surface area contributed by atoms with Crippen molar-refractivity contribution in [1.82, 2.24) is 4.57 Å². The molecule has 0 amide bonds. The number of anilines is 1. The Morgan fingerprint density at radius 1 is 1.28 bits per heavy atom. The Morgan fingerprint density at radius 3 is 2.68 bits per heavy atom. The van der Waals surface area contributed by atoms with Crippen LogP contribution in [-0.4, -0.2) is 40.4 Å². The third kappa shape index (κ3) is 3.43. The fourth-order valence-corrected chi connectivity index (χ4v) is 3.30. The summed E-state index contributed by atoms with van der Waals surface area (Å²) in [6, 6.07) is 9.08. The number of piperidine rings is 1. The van der Waals surface area contributed by atoms with Crippen molar-refractivity contribution < 1.29 is 19.7 Å². The highest BCUT2D eigenvalue weighted by Crippen LogP contribution is 2.39. The van der Waals surface area contributed by atoms with Crippen LogP contribution in [0.3, 0.4) is 0 Å². The molecule has 0 radical (unpaired) electrons. The van der Waals surface area contributed by atoms with Gasteiger partial charge in [-0.2, -0.15) is 0 Å². The Balaban J connectivity index is 1.87. The van der Waals surface area contributed by atoms with E-state index in [1.807, 2.05) is 36.1 Å². The van der Waals surface area contributed by atoms with Gasteiger partial charge in [-0.15, -0.1) is 0 Å². The predicted molar refractivity (Wildman–Crippen MR) is 95.4 cm³/mol. The molecule has 1 saturated heterocycles. The van der Waals surface area contributed by atoms with E-state index in [1.165, 1.54) is 4.57 Å². The zero-order chi connectivity index (χ0) is 18.0. The topological polar surface area (TPSA) is 74.9 Å². The van der Waals surface area contributed by atoms with E-state index in [4.69, 9.17) is 4.74 Å². The zero-order valence-electron chi connectivity index (χ0n) is 14.6. The average molecular weight is 344 g/mol. The van der Waals surface area contributed by atoms with E-state index in [9.17, 15) is 15.0 Å². The van der Waals surface area contributed by atoms with Crippen LogP contribution in [0.2, 0.25) is 0 Å². The number of aromatic nitrogens is 1. The molecule has 0 aliphatic carbocycles. The van der Waals surface area contributed by atoms with E-state index in [0.29, 0.717) is 24.5 Å². The van der Waals surface area contributed by atoms with E-state index in [-0.39, 0.29) is 23.6 Å². The Kier molecular flexibility index (Phi) is 4.88. The fourth-order valence-electron chi connectivity index (χ4n) is 3.30. The van der Waals surface area contributed by atoms with Crippen molar-refractivity contribution in [2.75, 3.05) is 24.6 Å². The normalized spacial score (nSPS) is 17.5. The van der Waals surface area contributed by atoms with Crippen LogP contribution in [0, 0.1) is 12.8 Å². The lowest BCUT2D eigenvalue weighted by Crippen LogP contribution is -2.39. The highest BCUT2D eigenvalue weighted by Gasteiger charge is 2.30. The Morgan fingerprint density at radius 2 is 2.00 bits per heavy atom. The number of rotatable bonds is 4. The maximum Gasteiger partial charge on any atom is 0.310 e. The van der Waals surface area contributed by atoms with Crippen molar-refractivity contribution in [3.63, 3.8) is 0 Å². The lowest BCUT2D eigenvalue weighted by Gasteiger charge is -2.32. The molecule has 2 N–H and O–H groups in total. The van der Waals surface area contributed by atoms with Crippen LogP contribution in [0.1, 0.15) is 25.3 Å². The summed E-state index contributed by atoms with van der Waals surface area (Å²) < 4.78 is 6.53. The van der Waals surface area contributed by atoms with Gasteiger partial charge in [0, 0.05) is 19.2 Å². The van der Waals surface area contributed by atoms with Crippen molar-refractivity contribution in [2.45, 2.75) is 26.7 Å². The first-order chi connectivity index (χ1) is 12.0. The van der Waals surface area contributed by atoms with Crippen molar-refractivity contribution in [1.29, 1.82) is 0 Å². The summed E-state index contributed by atoms with van der Waals surface area (Å²) in [6.45, 7) is 5.34. The highest BCUT2D eigenvalue weighted by atomic mass is 16.5. The van der Waals surface area contributed by atoms with Gasteiger partial charge in [0.15, 0.2) is 0 Å². The molecule has 1 aromatic carbocycles. The number of hydrogen-bond donors (Lipinski definition) is 2. The van der Waals surface area contributed by atoms with Gasteiger partial charge in [0.1, 0.15) is 5.69 Å². The third-order valence-corrected chi connectivity index (χ3v) is 4.61. The van der Waals surface area contributed by atoms with Crippen molar-refractivity contribution in [2.24, 2.45) is 5.92 Å². The first-order valence-corrected chi connectivity index (χ1v) is 8.63. The van der Waals surface area contributed by atoms with E-state index >= 15 is 0 Å². The molecule has 1 aliphatic heterocycles. The van der Waals surface area contributed by atoms with Gasteiger partial charge < -0.3 is 19.8 Å². The maximum atomic E-state index is 12.0. The minimum atomic E-state index is -0.210. The monoisotopic (exact) mass is 344 g/mol. The molecule has 1 aromatic heterocycles. The molecular formula is C19H24N2O4. The number of ether oxygens (including phenoxy) is 1. The molecule has 2 heterocycles. The molecule has 0 saturated carbocycles. The Hall–Kier alpha value is -2.63. The van der Waals surface area contributed by atoms with E-state index in [1.54, 1.807) is 13.0 Å². The van der Waals surface area contributed by atoms with Crippen molar-refractivity contribution >= 4 is 11.7 Å². The van der Waals surface area contributed by atoms with E-state index in [2.05, 4.69) is 0 Å². The summed E-state index contributed by atoms with van der Waals surface area (Å²) in [5, 5.41) is 21.0. The van der Waals surface area contributed by atoms with Gasteiger partial charge in [-0.1, -0.05) is 17.7 Å². The minimum absolute atomic E-state index is 0.0224.